The van der Waals surface area contributed by atoms with Gasteiger partial charge in [0.15, 0.2) is 0 Å². The van der Waals surface area contributed by atoms with Crippen molar-refractivity contribution in [3.05, 3.63) is 61.1 Å². The van der Waals surface area contributed by atoms with Crippen molar-refractivity contribution in [3.8, 4) is 0 Å². The Hall–Kier alpha value is -0.590. The van der Waals surface area contributed by atoms with Crippen molar-refractivity contribution in [1.29, 1.82) is 0 Å². The van der Waals surface area contributed by atoms with Crippen molar-refractivity contribution >= 4 is 61.7 Å². The normalized spacial score (nSPS) is 10.2. The van der Waals surface area contributed by atoms with Crippen molar-refractivity contribution in [2.24, 2.45) is 0 Å². The fourth-order valence-electron chi connectivity index (χ4n) is 1.42. The zero-order valence-electron chi connectivity index (χ0n) is 9.08. The van der Waals surface area contributed by atoms with E-state index in [2.05, 4.69) is 43.8 Å². The quantitative estimate of drug-likeness (QED) is 0.663. The second kappa shape index (κ2) is 6.04. The topological polar surface area (TPSA) is 29.1 Å². The third kappa shape index (κ3) is 3.24. The van der Waals surface area contributed by atoms with Crippen LogP contribution in [0.1, 0.15) is 10.4 Å². The van der Waals surface area contributed by atoms with Gasteiger partial charge in [-0.15, -0.1) is 0 Å². The summed E-state index contributed by atoms with van der Waals surface area (Å²) in [7, 11) is 0. The Kier molecular flexibility index (Phi) is 4.64. The van der Waals surface area contributed by atoms with E-state index in [0.717, 1.165) is 8.04 Å². The van der Waals surface area contributed by atoms with E-state index in [1.807, 2.05) is 18.2 Å². The van der Waals surface area contributed by atoms with Gasteiger partial charge in [-0.1, -0.05) is 23.7 Å². The van der Waals surface area contributed by atoms with Crippen LogP contribution in [0.25, 0.3) is 0 Å². The summed E-state index contributed by atoms with van der Waals surface area (Å²) in [5.74, 6) is -0.130. The third-order valence-corrected chi connectivity index (χ3v) is 4.45. The smallest absolute Gasteiger partial charge is 0.256 e. The number of benzene rings is 2. The first-order valence-electron chi connectivity index (χ1n) is 5.09. The molecular formula is C13H8BrClINO. The Bertz CT molecular complexity index is 603. The average molecular weight is 436 g/mol. The summed E-state index contributed by atoms with van der Waals surface area (Å²) in [5, 5.41) is 3.45. The highest BCUT2D eigenvalue weighted by Gasteiger charge is 2.09. The van der Waals surface area contributed by atoms with Crippen LogP contribution in [0.15, 0.2) is 46.9 Å². The summed E-state index contributed by atoms with van der Waals surface area (Å²) in [6.45, 7) is 0. The Morgan fingerprint density at radius 2 is 1.94 bits per heavy atom. The SMILES string of the molecule is O=C(Nc1ccc(Cl)c(Br)c1)c1ccccc1I. The number of hydrogen-bond acceptors (Lipinski definition) is 1. The number of anilines is 1. The molecule has 1 amide bonds. The number of carbonyl (C=O) groups is 1. The van der Waals surface area contributed by atoms with Gasteiger partial charge in [0.25, 0.3) is 5.91 Å². The lowest BCUT2D eigenvalue weighted by atomic mass is 10.2. The maximum Gasteiger partial charge on any atom is 0.256 e. The molecular weight excluding hydrogens is 428 g/mol. The molecule has 1 N–H and O–H groups in total. The Balaban J connectivity index is 2.22. The molecule has 0 aliphatic rings. The Morgan fingerprint density at radius 3 is 2.61 bits per heavy atom. The van der Waals surface area contributed by atoms with Crippen LogP contribution < -0.4 is 5.32 Å². The van der Waals surface area contributed by atoms with Gasteiger partial charge in [-0.05, 0) is 68.9 Å². The molecule has 0 saturated heterocycles. The fourth-order valence-corrected chi connectivity index (χ4v) is 2.55. The summed E-state index contributed by atoms with van der Waals surface area (Å²) in [5.41, 5.74) is 1.36. The van der Waals surface area contributed by atoms with Gasteiger partial charge in [0.05, 0.1) is 10.6 Å². The lowest BCUT2D eigenvalue weighted by Crippen LogP contribution is -2.13. The first-order chi connectivity index (χ1) is 8.58. The van der Waals surface area contributed by atoms with Crippen LogP contribution in [0.4, 0.5) is 5.69 Å². The van der Waals surface area contributed by atoms with Crippen LogP contribution in [-0.4, -0.2) is 5.91 Å². The lowest BCUT2D eigenvalue weighted by molar-refractivity contribution is 0.102. The number of carbonyl (C=O) groups excluding carboxylic acids is 1. The van der Waals surface area contributed by atoms with E-state index in [0.29, 0.717) is 16.3 Å². The van der Waals surface area contributed by atoms with Gasteiger partial charge in [0.2, 0.25) is 0 Å². The van der Waals surface area contributed by atoms with Crippen LogP contribution in [0.5, 0.6) is 0 Å². The highest BCUT2D eigenvalue weighted by Crippen LogP contribution is 2.26. The van der Waals surface area contributed by atoms with Gasteiger partial charge in [0.1, 0.15) is 0 Å². The standard InChI is InChI=1S/C13H8BrClINO/c14-10-7-8(5-6-11(10)15)17-13(18)9-3-1-2-4-12(9)16/h1-7H,(H,17,18). The van der Waals surface area contributed by atoms with Crippen molar-refractivity contribution in [3.63, 3.8) is 0 Å². The predicted molar refractivity (Wildman–Crippen MR) is 86.3 cm³/mol. The number of rotatable bonds is 2. The number of amides is 1. The monoisotopic (exact) mass is 435 g/mol. The van der Waals surface area contributed by atoms with E-state index in [1.54, 1.807) is 24.3 Å². The zero-order chi connectivity index (χ0) is 13.1. The van der Waals surface area contributed by atoms with E-state index in [1.165, 1.54) is 0 Å². The molecule has 2 aromatic carbocycles. The van der Waals surface area contributed by atoms with Gasteiger partial charge in [-0.2, -0.15) is 0 Å². The molecule has 2 rings (SSSR count). The number of halogens is 3. The van der Waals surface area contributed by atoms with Crippen LogP contribution >= 0.6 is 50.1 Å². The lowest BCUT2D eigenvalue weighted by Gasteiger charge is -2.07. The van der Waals surface area contributed by atoms with Crippen molar-refractivity contribution in [2.75, 3.05) is 5.32 Å². The molecule has 0 aliphatic heterocycles. The van der Waals surface area contributed by atoms with Gasteiger partial charge in [-0.25, -0.2) is 0 Å². The highest BCUT2D eigenvalue weighted by atomic mass is 127. The van der Waals surface area contributed by atoms with Crippen molar-refractivity contribution in [1.82, 2.24) is 0 Å². The maximum absolute atomic E-state index is 12.1. The minimum absolute atomic E-state index is 0.130. The second-order valence-corrected chi connectivity index (χ2v) is 5.99. The van der Waals surface area contributed by atoms with Gasteiger partial charge in [0, 0.05) is 13.7 Å². The average Bonchev–Trinajstić information content (AvgIpc) is 2.34. The van der Waals surface area contributed by atoms with Crippen LogP contribution in [-0.2, 0) is 0 Å². The number of hydrogen-bond donors (Lipinski definition) is 1. The molecule has 0 heterocycles. The fraction of sp³-hybridized carbons (Fsp3) is 0. The minimum Gasteiger partial charge on any atom is -0.322 e. The molecule has 2 aromatic rings. The second-order valence-electron chi connectivity index (χ2n) is 3.56. The molecule has 0 aliphatic carbocycles. The number of nitrogens with one attached hydrogen (secondary N) is 1. The van der Waals surface area contributed by atoms with Crippen LogP contribution in [0.2, 0.25) is 5.02 Å². The molecule has 0 aromatic heterocycles. The van der Waals surface area contributed by atoms with Gasteiger partial charge < -0.3 is 5.32 Å². The zero-order valence-corrected chi connectivity index (χ0v) is 13.6. The van der Waals surface area contributed by atoms with E-state index in [-0.39, 0.29) is 5.91 Å². The van der Waals surface area contributed by atoms with Crippen molar-refractivity contribution < 1.29 is 4.79 Å². The Morgan fingerprint density at radius 1 is 1.22 bits per heavy atom. The molecule has 0 atom stereocenters. The molecule has 0 unspecified atom stereocenters. The van der Waals surface area contributed by atoms with Gasteiger partial charge in [-0.3, -0.25) is 4.79 Å². The summed E-state index contributed by atoms with van der Waals surface area (Å²) < 4.78 is 1.67. The molecule has 0 radical (unpaired) electrons. The van der Waals surface area contributed by atoms with Crippen LogP contribution in [0.3, 0.4) is 0 Å². The van der Waals surface area contributed by atoms with E-state index >= 15 is 0 Å². The third-order valence-electron chi connectivity index (χ3n) is 2.30. The predicted octanol–water partition coefficient (Wildman–Crippen LogP) is 4.96. The molecule has 0 spiro atoms. The molecule has 2 nitrogen and oxygen atoms in total. The molecule has 18 heavy (non-hydrogen) atoms. The molecule has 0 fully saturated rings. The van der Waals surface area contributed by atoms with Crippen molar-refractivity contribution in [2.45, 2.75) is 0 Å². The molecule has 5 heteroatoms. The highest BCUT2D eigenvalue weighted by molar-refractivity contribution is 14.1. The largest absolute Gasteiger partial charge is 0.322 e. The van der Waals surface area contributed by atoms with Gasteiger partial charge >= 0.3 is 0 Å². The minimum atomic E-state index is -0.130. The van der Waals surface area contributed by atoms with Crippen LogP contribution in [0, 0.1) is 3.57 Å². The molecule has 0 saturated carbocycles. The summed E-state index contributed by atoms with van der Waals surface area (Å²) in [6.07, 6.45) is 0. The molecule has 0 bridgehead atoms. The molecule has 92 valence electrons. The Labute approximate surface area is 132 Å². The first kappa shape index (κ1) is 13.8. The summed E-state index contributed by atoms with van der Waals surface area (Å²) >= 11 is 11.4. The van der Waals surface area contributed by atoms with E-state index in [4.69, 9.17) is 11.6 Å². The first-order valence-corrected chi connectivity index (χ1v) is 7.34. The summed E-state index contributed by atoms with van der Waals surface area (Å²) in [4.78, 5) is 12.1. The summed E-state index contributed by atoms with van der Waals surface area (Å²) in [6, 6.07) is 12.7. The van der Waals surface area contributed by atoms with E-state index in [9.17, 15) is 4.79 Å². The van der Waals surface area contributed by atoms with E-state index < -0.39 is 0 Å². The maximum atomic E-state index is 12.1.